The number of aryl methyl sites for hydroxylation is 1. The lowest BCUT2D eigenvalue weighted by atomic mass is 10.1. The summed E-state index contributed by atoms with van der Waals surface area (Å²) in [5.74, 6) is 5.91. The van der Waals surface area contributed by atoms with Crippen molar-refractivity contribution in [2.24, 2.45) is 5.84 Å². The lowest BCUT2D eigenvalue weighted by molar-refractivity contribution is 0.0920. The number of nitrogen functional groups attached to an aromatic ring is 1. The number of carbonyl (C=O) groups excluding carboxylic acids is 1. The summed E-state index contributed by atoms with van der Waals surface area (Å²) >= 11 is 0. The average Bonchev–Trinajstić information content (AvgIpc) is 2.95. The number of nitrogens with zero attached hydrogens (tertiary/aromatic N) is 1. The van der Waals surface area contributed by atoms with Gasteiger partial charge in [0.25, 0.3) is 0 Å². The lowest BCUT2D eigenvalue weighted by Gasteiger charge is -2.21. The van der Waals surface area contributed by atoms with Gasteiger partial charge in [0.1, 0.15) is 5.76 Å². The van der Waals surface area contributed by atoms with Crippen LogP contribution in [0.25, 0.3) is 0 Å². The van der Waals surface area contributed by atoms with Crippen LogP contribution in [-0.2, 0) is 6.54 Å². The van der Waals surface area contributed by atoms with Gasteiger partial charge in [0, 0.05) is 11.6 Å². The summed E-state index contributed by atoms with van der Waals surface area (Å²) in [5.41, 5.74) is 2.94. The summed E-state index contributed by atoms with van der Waals surface area (Å²) in [6.45, 7) is 5.95. The van der Waals surface area contributed by atoms with Crippen LogP contribution in [0.1, 0.15) is 48.1 Å². The fourth-order valence-electron chi connectivity index (χ4n) is 2.68. The van der Waals surface area contributed by atoms with Gasteiger partial charge in [-0.2, -0.15) is 0 Å². The average molecular weight is 251 g/mol. The van der Waals surface area contributed by atoms with Gasteiger partial charge in [-0.3, -0.25) is 15.1 Å². The molecule has 0 aliphatic carbocycles. The van der Waals surface area contributed by atoms with Crippen molar-refractivity contribution in [1.82, 2.24) is 10.3 Å². The van der Waals surface area contributed by atoms with Crippen molar-refractivity contribution < 1.29 is 9.21 Å². The number of likely N-dealkylation sites (tertiary alicyclic amines) is 1. The molecule has 5 heteroatoms. The quantitative estimate of drug-likeness (QED) is 0.484. The Kier molecular flexibility index (Phi) is 4.04. The van der Waals surface area contributed by atoms with Crippen LogP contribution in [0.2, 0.25) is 0 Å². The van der Waals surface area contributed by atoms with Crippen LogP contribution in [0.4, 0.5) is 0 Å². The highest BCUT2D eigenvalue weighted by atomic mass is 16.4. The van der Waals surface area contributed by atoms with Gasteiger partial charge in [0.2, 0.25) is 0 Å². The smallest absolute Gasteiger partial charge is 0.301 e. The third-order valence-corrected chi connectivity index (χ3v) is 3.64. The minimum absolute atomic E-state index is 0.319. The van der Waals surface area contributed by atoms with E-state index in [-0.39, 0.29) is 5.91 Å². The molecular formula is C13H21N3O2. The molecule has 1 aliphatic rings. The topological polar surface area (TPSA) is 71.5 Å². The molecule has 18 heavy (non-hydrogen) atoms. The number of rotatable bonds is 4. The molecule has 1 aromatic heterocycles. The van der Waals surface area contributed by atoms with Gasteiger partial charge in [-0.15, -0.1) is 0 Å². The van der Waals surface area contributed by atoms with Crippen LogP contribution in [0.5, 0.6) is 0 Å². The summed E-state index contributed by atoms with van der Waals surface area (Å²) in [4.78, 5) is 13.9. The predicted octanol–water partition coefficient (Wildman–Crippen LogP) is 1.57. The molecule has 1 aliphatic heterocycles. The van der Waals surface area contributed by atoms with Gasteiger partial charge in [-0.1, -0.05) is 6.92 Å². The largest absolute Gasteiger partial charge is 0.454 e. The van der Waals surface area contributed by atoms with Gasteiger partial charge >= 0.3 is 5.91 Å². The minimum Gasteiger partial charge on any atom is -0.454 e. The molecule has 1 unspecified atom stereocenters. The zero-order chi connectivity index (χ0) is 13.1. The number of nitrogens with one attached hydrogen (secondary N) is 1. The van der Waals surface area contributed by atoms with Crippen LogP contribution in [-0.4, -0.2) is 23.4 Å². The second kappa shape index (κ2) is 5.54. The summed E-state index contributed by atoms with van der Waals surface area (Å²) < 4.78 is 5.59. The summed E-state index contributed by atoms with van der Waals surface area (Å²) in [7, 11) is 0. The molecular weight excluding hydrogens is 230 g/mol. The van der Waals surface area contributed by atoms with Crippen molar-refractivity contribution in [3.8, 4) is 0 Å². The molecule has 2 rings (SSSR count). The maximum atomic E-state index is 11.5. The van der Waals surface area contributed by atoms with Crippen LogP contribution in [0.3, 0.4) is 0 Å². The molecule has 1 fully saturated rings. The molecule has 2 heterocycles. The molecule has 1 atom stereocenters. The van der Waals surface area contributed by atoms with E-state index in [1.807, 2.05) is 13.0 Å². The molecule has 1 saturated heterocycles. The first-order valence-corrected chi connectivity index (χ1v) is 6.50. The fraction of sp³-hybridized carbons (Fsp3) is 0.615. The van der Waals surface area contributed by atoms with E-state index in [2.05, 4.69) is 17.2 Å². The summed E-state index contributed by atoms with van der Waals surface area (Å²) in [6.07, 6.45) is 3.66. The van der Waals surface area contributed by atoms with E-state index >= 15 is 0 Å². The predicted molar refractivity (Wildman–Crippen MR) is 68.8 cm³/mol. The molecule has 0 radical (unpaired) electrons. The zero-order valence-corrected chi connectivity index (χ0v) is 11.0. The zero-order valence-electron chi connectivity index (χ0n) is 11.0. The van der Waals surface area contributed by atoms with Gasteiger partial charge in [0.15, 0.2) is 5.76 Å². The molecule has 1 aromatic rings. The van der Waals surface area contributed by atoms with Crippen molar-refractivity contribution in [2.45, 2.75) is 45.7 Å². The normalized spacial score (nSPS) is 20.3. The molecule has 0 spiro atoms. The number of hydrogen-bond acceptors (Lipinski definition) is 4. The fourth-order valence-corrected chi connectivity index (χ4v) is 2.68. The Bertz CT molecular complexity index is 428. The SMILES string of the molecule is CCC1CCCN1Cc1cc(C)c(C(=O)NN)o1. The Morgan fingerprint density at radius 1 is 1.67 bits per heavy atom. The van der Waals surface area contributed by atoms with Crippen molar-refractivity contribution in [1.29, 1.82) is 0 Å². The van der Waals surface area contributed by atoms with Crippen LogP contribution >= 0.6 is 0 Å². The second-order valence-electron chi connectivity index (χ2n) is 4.87. The molecule has 0 aromatic carbocycles. The van der Waals surface area contributed by atoms with E-state index in [1.165, 1.54) is 12.8 Å². The van der Waals surface area contributed by atoms with Crippen molar-refractivity contribution in [3.63, 3.8) is 0 Å². The summed E-state index contributed by atoms with van der Waals surface area (Å²) in [6, 6.07) is 2.57. The second-order valence-corrected chi connectivity index (χ2v) is 4.87. The maximum absolute atomic E-state index is 11.5. The van der Waals surface area contributed by atoms with Gasteiger partial charge in [-0.25, -0.2) is 5.84 Å². The molecule has 0 bridgehead atoms. The molecule has 100 valence electrons. The Morgan fingerprint density at radius 2 is 2.44 bits per heavy atom. The first kappa shape index (κ1) is 13.1. The number of amides is 1. The highest BCUT2D eigenvalue weighted by Crippen LogP contribution is 2.24. The van der Waals surface area contributed by atoms with E-state index in [0.29, 0.717) is 11.8 Å². The van der Waals surface area contributed by atoms with E-state index in [1.54, 1.807) is 0 Å². The Balaban J connectivity index is 2.08. The Hall–Kier alpha value is -1.33. The van der Waals surface area contributed by atoms with Gasteiger partial charge in [0.05, 0.1) is 6.54 Å². The van der Waals surface area contributed by atoms with Gasteiger partial charge < -0.3 is 4.42 Å². The Labute approximate surface area is 107 Å². The molecule has 1 amide bonds. The maximum Gasteiger partial charge on any atom is 0.301 e. The molecule has 3 N–H and O–H groups in total. The first-order chi connectivity index (χ1) is 8.65. The van der Waals surface area contributed by atoms with Crippen LogP contribution in [0.15, 0.2) is 10.5 Å². The van der Waals surface area contributed by atoms with Crippen LogP contribution in [0, 0.1) is 6.92 Å². The van der Waals surface area contributed by atoms with Crippen molar-refractivity contribution >= 4 is 5.91 Å². The van der Waals surface area contributed by atoms with E-state index in [0.717, 1.165) is 30.8 Å². The number of nitrogens with two attached hydrogens (primary N) is 1. The van der Waals surface area contributed by atoms with Crippen molar-refractivity contribution in [3.05, 3.63) is 23.2 Å². The van der Waals surface area contributed by atoms with E-state index in [9.17, 15) is 4.79 Å². The third kappa shape index (κ3) is 2.57. The van der Waals surface area contributed by atoms with Crippen LogP contribution < -0.4 is 11.3 Å². The summed E-state index contributed by atoms with van der Waals surface area (Å²) in [5, 5.41) is 0. The lowest BCUT2D eigenvalue weighted by Crippen LogP contribution is -2.30. The Morgan fingerprint density at radius 3 is 3.11 bits per heavy atom. The highest BCUT2D eigenvalue weighted by Gasteiger charge is 2.24. The number of hydrazine groups is 1. The minimum atomic E-state index is -0.368. The van der Waals surface area contributed by atoms with Gasteiger partial charge in [-0.05, 0) is 38.8 Å². The standard InChI is InChI=1S/C13H21N3O2/c1-3-10-5-4-6-16(10)8-11-7-9(2)12(18-11)13(17)15-14/h7,10H,3-6,8,14H2,1-2H3,(H,15,17). The third-order valence-electron chi connectivity index (χ3n) is 3.64. The van der Waals surface area contributed by atoms with E-state index in [4.69, 9.17) is 10.3 Å². The monoisotopic (exact) mass is 251 g/mol. The highest BCUT2D eigenvalue weighted by molar-refractivity contribution is 5.92. The van der Waals surface area contributed by atoms with E-state index < -0.39 is 0 Å². The number of carbonyl (C=O) groups is 1. The number of furan rings is 1. The molecule has 0 saturated carbocycles. The number of hydrogen-bond donors (Lipinski definition) is 2. The first-order valence-electron chi connectivity index (χ1n) is 6.50. The molecule has 5 nitrogen and oxygen atoms in total. The van der Waals surface area contributed by atoms with Crippen molar-refractivity contribution in [2.75, 3.05) is 6.54 Å².